The highest BCUT2D eigenvalue weighted by Crippen LogP contribution is 2.38. The van der Waals surface area contributed by atoms with Crippen LogP contribution in [0.2, 0.25) is 0 Å². The molecule has 7 nitrogen and oxygen atoms in total. The Morgan fingerprint density at radius 1 is 1.14 bits per heavy atom. The Bertz CT molecular complexity index is 1090. The first-order valence-corrected chi connectivity index (χ1v) is 10.0. The molecule has 0 radical (unpaired) electrons. The van der Waals surface area contributed by atoms with Gasteiger partial charge in [0.2, 0.25) is 0 Å². The summed E-state index contributed by atoms with van der Waals surface area (Å²) in [5.74, 6) is 0.519. The minimum absolute atomic E-state index is 0.00953. The molecule has 4 heterocycles. The minimum Gasteiger partial charge on any atom is -0.350 e. The Morgan fingerprint density at radius 3 is 2.90 bits per heavy atom. The van der Waals surface area contributed by atoms with E-state index in [1.807, 2.05) is 47.2 Å². The number of nitrogens with zero attached hydrogens (tertiary/aromatic N) is 3. The smallest absolute Gasteiger partial charge is 0.253 e. The van der Waals surface area contributed by atoms with Crippen LogP contribution in [0.3, 0.4) is 0 Å². The lowest BCUT2D eigenvalue weighted by molar-refractivity contribution is 0.0932. The maximum Gasteiger partial charge on any atom is 0.253 e. The Hall–Kier alpha value is -3.19. The maximum absolute atomic E-state index is 13.0. The lowest BCUT2D eigenvalue weighted by Gasteiger charge is -2.43. The molecule has 1 aromatic carbocycles. The van der Waals surface area contributed by atoms with Crippen LogP contribution in [0.25, 0.3) is 5.69 Å². The number of amides is 1. The van der Waals surface area contributed by atoms with E-state index in [4.69, 9.17) is 0 Å². The van der Waals surface area contributed by atoms with Crippen LogP contribution in [0.15, 0.2) is 65.7 Å². The van der Waals surface area contributed by atoms with Crippen molar-refractivity contribution in [3.63, 3.8) is 0 Å². The number of hydrogen-bond acceptors (Lipinski definition) is 4. The third-order valence-corrected chi connectivity index (χ3v) is 6.07. The van der Waals surface area contributed by atoms with Crippen LogP contribution >= 0.6 is 0 Å². The number of carbonyl (C=O) groups is 1. The monoisotopic (exact) mass is 389 g/mol. The number of aromatic nitrogens is 3. The minimum atomic E-state index is -0.160. The number of pyridine rings is 1. The topological polar surface area (TPSA) is 81.0 Å². The zero-order chi connectivity index (χ0) is 19.8. The third-order valence-electron chi connectivity index (χ3n) is 6.07. The predicted molar refractivity (Wildman–Crippen MR) is 109 cm³/mol. The molecule has 2 aliphatic rings. The van der Waals surface area contributed by atoms with Crippen LogP contribution in [-0.2, 0) is 0 Å². The summed E-state index contributed by atoms with van der Waals surface area (Å²) >= 11 is 0. The molecule has 0 unspecified atom stereocenters. The Morgan fingerprint density at radius 2 is 2.03 bits per heavy atom. The van der Waals surface area contributed by atoms with Crippen molar-refractivity contribution in [1.29, 1.82) is 0 Å². The van der Waals surface area contributed by atoms with Crippen LogP contribution in [0.5, 0.6) is 0 Å². The van der Waals surface area contributed by atoms with Gasteiger partial charge in [-0.3, -0.25) is 9.59 Å². The second-order valence-corrected chi connectivity index (χ2v) is 7.75. The Labute approximate surface area is 168 Å². The zero-order valence-electron chi connectivity index (χ0n) is 16.0. The van der Waals surface area contributed by atoms with E-state index in [-0.39, 0.29) is 17.5 Å². The van der Waals surface area contributed by atoms with Gasteiger partial charge in [0, 0.05) is 49.7 Å². The van der Waals surface area contributed by atoms with Crippen LogP contribution in [0.1, 0.15) is 34.4 Å². The molecule has 5 rings (SSSR count). The molecule has 3 aromatic rings. The van der Waals surface area contributed by atoms with Gasteiger partial charge in [0.1, 0.15) is 0 Å². The molecule has 0 spiro atoms. The summed E-state index contributed by atoms with van der Waals surface area (Å²) in [4.78, 5) is 25.7. The number of rotatable bonds is 4. The molecule has 2 bridgehead atoms. The quantitative estimate of drug-likeness (QED) is 0.712. The van der Waals surface area contributed by atoms with Crippen LogP contribution in [0.4, 0.5) is 0 Å². The molecule has 148 valence electrons. The number of piperidine rings is 1. The lowest BCUT2D eigenvalue weighted by atomic mass is 9.79. The van der Waals surface area contributed by atoms with Gasteiger partial charge in [0.15, 0.2) is 0 Å². The Balaban J connectivity index is 1.42. The standard InChI is InChI=1S/C22H23N5O2/c28-21-8-3-7-18-15-11-16(13-23-12-15)20(27(18)21)14-24-22(29)17-5-1-2-6-19(17)26-10-4-9-25-26/h1-10,15-16,20,23H,11-14H2,(H,24,29)/t15-,16+,20+/m1/s1. The van der Waals surface area contributed by atoms with Gasteiger partial charge in [-0.15, -0.1) is 0 Å². The highest BCUT2D eigenvalue weighted by atomic mass is 16.2. The van der Waals surface area contributed by atoms with Crippen LogP contribution in [-0.4, -0.2) is 39.9 Å². The summed E-state index contributed by atoms with van der Waals surface area (Å²) in [5, 5.41) is 10.8. The SMILES string of the molecule is O=C(NC[C@H]1[C@@H]2CNC[C@@H](C2)c2cccc(=O)n21)c1ccccc1-n1cccn1. The number of nitrogens with one attached hydrogen (secondary N) is 2. The number of para-hydroxylation sites is 1. The molecule has 29 heavy (non-hydrogen) atoms. The van der Waals surface area contributed by atoms with Crippen LogP contribution < -0.4 is 16.2 Å². The summed E-state index contributed by atoms with van der Waals surface area (Å²) in [6, 6.07) is 14.7. The fourth-order valence-corrected chi connectivity index (χ4v) is 4.74. The molecule has 0 aliphatic carbocycles. The molecule has 1 amide bonds. The first-order chi connectivity index (χ1) is 14.2. The number of carbonyl (C=O) groups excluding carboxylic acids is 1. The van der Waals surface area contributed by atoms with Gasteiger partial charge in [-0.05, 0) is 36.6 Å². The maximum atomic E-state index is 13.0. The average molecular weight is 389 g/mol. The molecule has 2 aromatic heterocycles. The van der Waals surface area contributed by atoms with Gasteiger partial charge < -0.3 is 15.2 Å². The van der Waals surface area contributed by atoms with Gasteiger partial charge in [-0.1, -0.05) is 18.2 Å². The van der Waals surface area contributed by atoms with E-state index < -0.39 is 0 Å². The van der Waals surface area contributed by atoms with Gasteiger partial charge >= 0.3 is 0 Å². The molecular weight excluding hydrogens is 366 g/mol. The van der Waals surface area contributed by atoms with Crippen molar-refractivity contribution in [1.82, 2.24) is 25.0 Å². The molecule has 1 saturated heterocycles. The van der Waals surface area contributed by atoms with Gasteiger partial charge in [-0.25, -0.2) is 4.68 Å². The van der Waals surface area contributed by atoms with E-state index in [2.05, 4.69) is 15.7 Å². The molecule has 7 heteroatoms. The molecule has 2 N–H and O–H groups in total. The first-order valence-electron chi connectivity index (χ1n) is 10.0. The Kier molecular flexibility index (Phi) is 4.52. The number of benzene rings is 1. The zero-order valence-corrected chi connectivity index (χ0v) is 16.0. The number of fused-ring (bicyclic) bond motifs is 4. The van der Waals surface area contributed by atoms with Gasteiger partial charge in [0.25, 0.3) is 11.5 Å². The second kappa shape index (κ2) is 7.33. The van der Waals surface area contributed by atoms with Crippen molar-refractivity contribution < 1.29 is 4.79 Å². The summed E-state index contributed by atoms with van der Waals surface area (Å²) in [6.45, 7) is 2.18. The van der Waals surface area contributed by atoms with Crippen LogP contribution in [0, 0.1) is 5.92 Å². The molecule has 2 aliphatic heterocycles. The summed E-state index contributed by atoms with van der Waals surface area (Å²) < 4.78 is 3.59. The molecule has 3 atom stereocenters. The number of hydrogen-bond donors (Lipinski definition) is 2. The highest BCUT2D eigenvalue weighted by molar-refractivity contribution is 5.97. The molecular formula is C22H23N5O2. The van der Waals surface area contributed by atoms with Crippen molar-refractivity contribution in [2.24, 2.45) is 5.92 Å². The largest absolute Gasteiger partial charge is 0.350 e. The van der Waals surface area contributed by atoms with E-state index in [9.17, 15) is 9.59 Å². The normalized spacial score (nSPS) is 22.7. The average Bonchev–Trinajstić information content (AvgIpc) is 3.29. The summed E-state index contributed by atoms with van der Waals surface area (Å²) in [7, 11) is 0. The van der Waals surface area contributed by atoms with E-state index in [0.717, 1.165) is 30.9 Å². The fraction of sp³-hybridized carbons (Fsp3) is 0.318. The van der Waals surface area contributed by atoms with Crippen molar-refractivity contribution in [3.8, 4) is 5.69 Å². The van der Waals surface area contributed by atoms with E-state index in [1.54, 1.807) is 23.0 Å². The van der Waals surface area contributed by atoms with E-state index in [1.165, 1.54) is 0 Å². The molecule has 0 saturated carbocycles. The highest BCUT2D eigenvalue weighted by Gasteiger charge is 2.37. The lowest BCUT2D eigenvalue weighted by Crippen LogP contribution is -2.50. The van der Waals surface area contributed by atoms with Crippen molar-refractivity contribution >= 4 is 5.91 Å². The van der Waals surface area contributed by atoms with Gasteiger partial charge in [0.05, 0.1) is 17.3 Å². The van der Waals surface area contributed by atoms with E-state index >= 15 is 0 Å². The molecule has 1 fully saturated rings. The van der Waals surface area contributed by atoms with Crippen molar-refractivity contribution in [3.05, 3.63) is 82.5 Å². The summed E-state index contributed by atoms with van der Waals surface area (Å²) in [5.41, 5.74) is 2.37. The summed E-state index contributed by atoms with van der Waals surface area (Å²) in [6.07, 6.45) is 4.55. The predicted octanol–water partition coefficient (Wildman–Crippen LogP) is 1.71. The van der Waals surface area contributed by atoms with E-state index in [0.29, 0.717) is 23.9 Å². The second-order valence-electron chi connectivity index (χ2n) is 7.75. The first kappa shape index (κ1) is 17.9. The van der Waals surface area contributed by atoms with Crippen molar-refractivity contribution in [2.75, 3.05) is 19.6 Å². The fourth-order valence-electron chi connectivity index (χ4n) is 4.74. The third kappa shape index (κ3) is 3.17. The van der Waals surface area contributed by atoms with Crippen molar-refractivity contribution in [2.45, 2.75) is 18.4 Å². The van der Waals surface area contributed by atoms with Gasteiger partial charge in [-0.2, -0.15) is 5.10 Å².